The van der Waals surface area contributed by atoms with Gasteiger partial charge in [-0.25, -0.2) is 4.39 Å². The van der Waals surface area contributed by atoms with Crippen molar-refractivity contribution < 1.29 is 18.7 Å². The number of nitrogens with zero attached hydrogens (tertiary/aromatic N) is 1. The fraction of sp³-hybridized carbons (Fsp3) is 0.364. The highest BCUT2D eigenvalue weighted by Crippen LogP contribution is 2.16. The summed E-state index contributed by atoms with van der Waals surface area (Å²) in [6.07, 6.45) is 0.738. The van der Waals surface area contributed by atoms with Crippen LogP contribution in [0.1, 0.15) is 32.3 Å². The van der Waals surface area contributed by atoms with Gasteiger partial charge in [0.2, 0.25) is 11.8 Å². The number of nitrogens with one attached hydrogen (secondary N) is 1. The van der Waals surface area contributed by atoms with Crippen LogP contribution in [-0.4, -0.2) is 35.9 Å². The molecule has 0 saturated heterocycles. The van der Waals surface area contributed by atoms with Crippen molar-refractivity contribution in [3.8, 4) is 5.75 Å². The second kappa shape index (κ2) is 11.4. The zero-order chi connectivity index (χ0) is 21.2. The molecule has 2 amide bonds. The standard InChI is InChI=1S/C22H26ClFN2O3/c1-3-25-22(28)16(2)26(15-17-6-10-19(24)11-7-17)21(27)5-4-14-29-20-12-8-18(23)9-13-20/h6-13,16H,3-5,14-15H2,1-2H3,(H,25,28)/t16-/m0/s1. The molecule has 0 bridgehead atoms. The van der Waals surface area contributed by atoms with E-state index in [1.807, 2.05) is 6.92 Å². The van der Waals surface area contributed by atoms with Gasteiger partial charge in [-0.3, -0.25) is 9.59 Å². The summed E-state index contributed by atoms with van der Waals surface area (Å²) in [6, 6.07) is 12.3. The largest absolute Gasteiger partial charge is 0.494 e. The molecule has 1 N–H and O–H groups in total. The number of rotatable bonds is 10. The first-order valence-electron chi connectivity index (χ1n) is 9.60. The fourth-order valence-corrected chi connectivity index (χ4v) is 2.90. The third-order valence-electron chi connectivity index (χ3n) is 4.40. The smallest absolute Gasteiger partial charge is 0.242 e. The van der Waals surface area contributed by atoms with Gasteiger partial charge < -0.3 is 15.0 Å². The van der Waals surface area contributed by atoms with Crippen molar-refractivity contribution in [1.29, 1.82) is 0 Å². The Morgan fingerprint density at radius 3 is 2.41 bits per heavy atom. The zero-order valence-electron chi connectivity index (χ0n) is 16.7. The molecule has 156 valence electrons. The molecule has 2 rings (SSSR count). The van der Waals surface area contributed by atoms with Crippen molar-refractivity contribution in [2.45, 2.75) is 39.3 Å². The molecule has 29 heavy (non-hydrogen) atoms. The molecule has 2 aromatic carbocycles. The lowest BCUT2D eigenvalue weighted by atomic mass is 10.1. The van der Waals surface area contributed by atoms with E-state index in [0.29, 0.717) is 30.3 Å². The van der Waals surface area contributed by atoms with Gasteiger partial charge in [-0.05, 0) is 62.2 Å². The van der Waals surface area contributed by atoms with Crippen molar-refractivity contribution >= 4 is 23.4 Å². The number of carbonyl (C=O) groups is 2. The average molecular weight is 421 g/mol. The SMILES string of the molecule is CCNC(=O)[C@H](C)N(Cc1ccc(F)cc1)C(=O)CCCOc1ccc(Cl)cc1. The Bertz CT molecular complexity index is 797. The van der Waals surface area contributed by atoms with Crippen molar-refractivity contribution in [2.75, 3.05) is 13.2 Å². The first-order valence-corrected chi connectivity index (χ1v) is 9.98. The molecule has 0 aliphatic heterocycles. The maximum atomic E-state index is 13.2. The van der Waals surface area contributed by atoms with Gasteiger partial charge >= 0.3 is 0 Å². The molecule has 0 spiro atoms. The van der Waals surface area contributed by atoms with E-state index in [2.05, 4.69) is 5.32 Å². The molecule has 0 radical (unpaired) electrons. The Morgan fingerprint density at radius 2 is 1.79 bits per heavy atom. The second-order valence-electron chi connectivity index (χ2n) is 6.62. The summed E-state index contributed by atoms with van der Waals surface area (Å²) in [7, 11) is 0. The molecule has 0 unspecified atom stereocenters. The molecule has 1 atom stereocenters. The van der Waals surface area contributed by atoms with Crippen LogP contribution in [0.3, 0.4) is 0 Å². The molecule has 2 aromatic rings. The highest BCUT2D eigenvalue weighted by atomic mass is 35.5. The van der Waals surface area contributed by atoms with E-state index >= 15 is 0 Å². The van der Waals surface area contributed by atoms with Gasteiger partial charge in [-0.15, -0.1) is 0 Å². The quantitative estimate of drug-likeness (QED) is 0.586. The van der Waals surface area contributed by atoms with Gasteiger partial charge in [-0.1, -0.05) is 23.7 Å². The monoisotopic (exact) mass is 420 g/mol. The molecule has 0 aromatic heterocycles. The molecule has 5 nitrogen and oxygen atoms in total. The van der Waals surface area contributed by atoms with Crippen LogP contribution in [0.25, 0.3) is 0 Å². The lowest BCUT2D eigenvalue weighted by molar-refractivity contribution is -0.140. The minimum absolute atomic E-state index is 0.159. The Balaban J connectivity index is 1.96. The van der Waals surface area contributed by atoms with Crippen LogP contribution in [0.2, 0.25) is 5.02 Å². The predicted molar refractivity (Wildman–Crippen MR) is 111 cm³/mol. The third-order valence-corrected chi connectivity index (χ3v) is 4.65. The summed E-state index contributed by atoms with van der Waals surface area (Å²) >= 11 is 5.84. The van der Waals surface area contributed by atoms with Gasteiger partial charge in [0, 0.05) is 24.5 Å². The van der Waals surface area contributed by atoms with E-state index < -0.39 is 6.04 Å². The van der Waals surface area contributed by atoms with E-state index in [9.17, 15) is 14.0 Å². The minimum Gasteiger partial charge on any atom is -0.494 e. The molecule has 0 aliphatic carbocycles. The average Bonchev–Trinajstić information content (AvgIpc) is 2.71. The second-order valence-corrected chi connectivity index (χ2v) is 7.06. The van der Waals surface area contributed by atoms with Crippen LogP contribution >= 0.6 is 11.6 Å². The summed E-state index contributed by atoms with van der Waals surface area (Å²) < 4.78 is 18.8. The Labute approximate surface area is 175 Å². The number of hydrogen-bond donors (Lipinski definition) is 1. The molecule has 0 heterocycles. The maximum absolute atomic E-state index is 13.2. The van der Waals surface area contributed by atoms with E-state index in [-0.39, 0.29) is 30.6 Å². The number of carbonyl (C=O) groups excluding carboxylic acids is 2. The summed E-state index contributed by atoms with van der Waals surface area (Å²) in [5.74, 6) is -0.0448. The zero-order valence-corrected chi connectivity index (χ0v) is 17.4. The highest BCUT2D eigenvalue weighted by Gasteiger charge is 2.25. The normalized spacial score (nSPS) is 11.6. The van der Waals surface area contributed by atoms with Crippen molar-refractivity contribution in [1.82, 2.24) is 10.2 Å². The Hall–Kier alpha value is -2.60. The van der Waals surface area contributed by atoms with Gasteiger partial charge in [-0.2, -0.15) is 0 Å². The molecule has 0 aliphatic rings. The Kier molecular flexibility index (Phi) is 8.93. The van der Waals surface area contributed by atoms with Crippen molar-refractivity contribution in [3.63, 3.8) is 0 Å². The molecular weight excluding hydrogens is 395 g/mol. The van der Waals surface area contributed by atoms with Crippen molar-refractivity contribution in [2.24, 2.45) is 0 Å². The third kappa shape index (κ3) is 7.38. The first kappa shape index (κ1) is 22.7. The van der Waals surface area contributed by atoms with Crippen LogP contribution in [0.5, 0.6) is 5.75 Å². The topological polar surface area (TPSA) is 58.6 Å². The predicted octanol–water partition coefficient (Wildman–Crippen LogP) is 4.19. The minimum atomic E-state index is -0.635. The summed E-state index contributed by atoms with van der Waals surface area (Å²) in [6.45, 7) is 4.60. The number of amides is 2. The first-order chi connectivity index (χ1) is 13.9. The number of benzene rings is 2. The molecule has 7 heteroatoms. The lowest BCUT2D eigenvalue weighted by Crippen LogP contribution is -2.47. The molecule has 0 fully saturated rings. The maximum Gasteiger partial charge on any atom is 0.242 e. The fourth-order valence-electron chi connectivity index (χ4n) is 2.78. The van der Waals surface area contributed by atoms with Gasteiger partial charge in [0.15, 0.2) is 0 Å². The van der Waals surface area contributed by atoms with E-state index in [0.717, 1.165) is 5.56 Å². The van der Waals surface area contributed by atoms with Gasteiger partial charge in [0.1, 0.15) is 17.6 Å². The van der Waals surface area contributed by atoms with Crippen LogP contribution in [0.4, 0.5) is 4.39 Å². The van der Waals surface area contributed by atoms with Crippen LogP contribution in [0, 0.1) is 5.82 Å². The summed E-state index contributed by atoms with van der Waals surface area (Å²) in [5.41, 5.74) is 0.758. The number of likely N-dealkylation sites (N-methyl/N-ethyl adjacent to an activating group) is 1. The van der Waals surface area contributed by atoms with E-state index in [1.54, 1.807) is 43.3 Å². The number of hydrogen-bond acceptors (Lipinski definition) is 3. The van der Waals surface area contributed by atoms with Gasteiger partial charge in [0.25, 0.3) is 0 Å². The Morgan fingerprint density at radius 1 is 1.14 bits per heavy atom. The molecule has 0 saturated carbocycles. The summed E-state index contributed by atoms with van der Waals surface area (Å²) in [5, 5.41) is 3.37. The van der Waals surface area contributed by atoms with Crippen LogP contribution in [-0.2, 0) is 16.1 Å². The van der Waals surface area contributed by atoms with Crippen LogP contribution < -0.4 is 10.1 Å². The van der Waals surface area contributed by atoms with Gasteiger partial charge in [0.05, 0.1) is 6.61 Å². The van der Waals surface area contributed by atoms with Crippen molar-refractivity contribution in [3.05, 3.63) is 64.9 Å². The summed E-state index contributed by atoms with van der Waals surface area (Å²) in [4.78, 5) is 26.6. The molecular formula is C22H26ClFN2O3. The van der Waals surface area contributed by atoms with E-state index in [4.69, 9.17) is 16.3 Å². The number of ether oxygens (including phenoxy) is 1. The lowest BCUT2D eigenvalue weighted by Gasteiger charge is -2.28. The highest BCUT2D eigenvalue weighted by molar-refractivity contribution is 6.30. The van der Waals surface area contributed by atoms with Crippen LogP contribution in [0.15, 0.2) is 48.5 Å². The number of halogens is 2. The van der Waals surface area contributed by atoms with E-state index in [1.165, 1.54) is 17.0 Å².